The van der Waals surface area contributed by atoms with Gasteiger partial charge in [0.25, 0.3) is 0 Å². The Morgan fingerprint density at radius 2 is 2.23 bits per heavy atom. The first kappa shape index (κ1) is 9.99. The van der Waals surface area contributed by atoms with Crippen LogP contribution in [0.4, 0.5) is 5.82 Å². The van der Waals surface area contributed by atoms with Gasteiger partial charge in [0.1, 0.15) is 5.82 Å². The van der Waals surface area contributed by atoms with Gasteiger partial charge in [0.2, 0.25) is 0 Å². The van der Waals surface area contributed by atoms with Gasteiger partial charge in [-0.1, -0.05) is 13.8 Å². The van der Waals surface area contributed by atoms with Crippen molar-refractivity contribution in [1.82, 2.24) is 10.3 Å². The molecule has 3 N–H and O–H groups in total. The highest BCUT2D eigenvalue weighted by atomic mass is 14.9. The first-order valence-corrected chi connectivity index (χ1v) is 4.54. The summed E-state index contributed by atoms with van der Waals surface area (Å²) in [7, 11) is 1.90. The number of hydrogen-bond donors (Lipinski definition) is 2. The second-order valence-electron chi connectivity index (χ2n) is 3.50. The van der Waals surface area contributed by atoms with Crippen LogP contribution in [0.25, 0.3) is 0 Å². The molecule has 0 amide bonds. The lowest BCUT2D eigenvalue weighted by Gasteiger charge is -2.09. The van der Waals surface area contributed by atoms with Crippen LogP contribution in [0.3, 0.4) is 0 Å². The fourth-order valence-corrected chi connectivity index (χ4v) is 1.19. The zero-order chi connectivity index (χ0) is 9.84. The van der Waals surface area contributed by atoms with Gasteiger partial charge in [0, 0.05) is 18.3 Å². The molecular formula is C10H17N3. The predicted molar refractivity (Wildman–Crippen MR) is 55.5 cm³/mol. The predicted octanol–water partition coefficient (Wildman–Crippen LogP) is 1.51. The van der Waals surface area contributed by atoms with E-state index >= 15 is 0 Å². The van der Waals surface area contributed by atoms with E-state index in [1.54, 1.807) is 0 Å². The summed E-state index contributed by atoms with van der Waals surface area (Å²) in [6.07, 6.45) is 1.85. The molecule has 0 aliphatic heterocycles. The fourth-order valence-electron chi connectivity index (χ4n) is 1.19. The Bertz CT molecular complexity index is 281. The molecule has 0 bridgehead atoms. The van der Waals surface area contributed by atoms with Gasteiger partial charge in [0.05, 0.1) is 0 Å². The molecule has 0 atom stereocenters. The summed E-state index contributed by atoms with van der Waals surface area (Å²) in [5.74, 6) is 1.13. The molecule has 0 saturated carbocycles. The van der Waals surface area contributed by atoms with Gasteiger partial charge in [-0.2, -0.15) is 0 Å². The van der Waals surface area contributed by atoms with Crippen molar-refractivity contribution in [2.24, 2.45) is 0 Å². The van der Waals surface area contributed by atoms with Crippen molar-refractivity contribution in [3.05, 3.63) is 23.4 Å². The Morgan fingerprint density at radius 1 is 1.54 bits per heavy atom. The zero-order valence-electron chi connectivity index (χ0n) is 8.46. The third-order valence-electron chi connectivity index (χ3n) is 2.06. The van der Waals surface area contributed by atoms with E-state index in [2.05, 4.69) is 30.2 Å². The summed E-state index contributed by atoms with van der Waals surface area (Å²) >= 11 is 0. The van der Waals surface area contributed by atoms with Crippen LogP contribution in [-0.2, 0) is 6.54 Å². The van der Waals surface area contributed by atoms with Gasteiger partial charge < -0.3 is 11.1 Å². The second kappa shape index (κ2) is 4.23. The Kier molecular flexibility index (Phi) is 3.25. The van der Waals surface area contributed by atoms with E-state index in [0.29, 0.717) is 11.7 Å². The summed E-state index contributed by atoms with van der Waals surface area (Å²) in [6, 6.07) is 2.11. The molecule has 1 heterocycles. The monoisotopic (exact) mass is 179 g/mol. The van der Waals surface area contributed by atoms with E-state index in [9.17, 15) is 0 Å². The van der Waals surface area contributed by atoms with Gasteiger partial charge in [-0.05, 0) is 24.6 Å². The molecule has 13 heavy (non-hydrogen) atoms. The average Bonchev–Trinajstić information content (AvgIpc) is 2.08. The maximum atomic E-state index is 5.72. The van der Waals surface area contributed by atoms with Crippen LogP contribution in [0.15, 0.2) is 12.3 Å². The standard InChI is InChI=1S/C10H17N3/c1-7(2)8-4-9(5-12-3)10(11)13-6-8/h4,6-7,12H,5H2,1-3H3,(H2,11,13). The number of nitrogens with two attached hydrogens (primary N) is 1. The van der Waals surface area contributed by atoms with Gasteiger partial charge in [-0.3, -0.25) is 0 Å². The molecule has 0 fully saturated rings. The van der Waals surface area contributed by atoms with E-state index in [1.165, 1.54) is 5.56 Å². The summed E-state index contributed by atoms with van der Waals surface area (Å²) in [5.41, 5.74) is 8.04. The number of aromatic nitrogens is 1. The molecular weight excluding hydrogens is 162 g/mol. The van der Waals surface area contributed by atoms with Crippen LogP contribution in [0, 0.1) is 0 Å². The molecule has 0 aliphatic carbocycles. The quantitative estimate of drug-likeness (QED) is 0.739. The number of nitrogens with zero attached hydrogens (tertiary/aromatic N) is 1. The van der Waals surface area contributed by atoms with Crippen molar-refractivity contribution in [3.63, 3.8) is 0 Å². The Balaban J connectivity index is 2.97. The lowest BCUT2D eigenvalue weighted by Crippen LogP contribution is -2.09. The number of anilines is 1. The minimum absolute atomic E-state index is 0.503. The van der Waals surface area contributed by atoms with Crippen LogP contribution in [0.5, 0.6) is 0 Å². The molecule has 0 spiro atoms. The molecule has 0 saturated heterocycles. The molecule has 1 rings (SSSR count). The van der Waals surface area contributed by atoms with Crippen molar-refractivity contribution in [3.8, 4) is 0 Å². The molecule has 0 unspecified atom stereocenters. The third-order valence-corrected chi connectivity index (χ3v) is 2.06. The highest BCUT2D eigenvalue weighted by Gasteiger charge is 2.04. The van der Waals surface area contributed by atoms with Gasteiger partial charge in [-0.15, -0.1) is 0 Å². The van der Waals surface area contributed by atoms with Crippen molar-refractivity contribution in [2.45, 2.75) is 26.3 Å². The number of nitrogen functional groups attached to an aromatic ring is 1. The normalized spacial score (nSPS) is 10.8. The van der Waals surface area contributed by atoms with Crippen molar-refractivity contribution in [2.75, 3.05) is 12.8 Å². The SMILES string of the molecule is CNCc1cc(C(C)C)cnc1N. The molecule has 1 aromatic rings. The lowest BCUT2D eigenvalue weighted by atomic mass is 10.0. The average molecular weight is 179 g/mol. The smallest absolute Gasteiger partial charge is 0.127 e. The van der Waals surface area contributed by atoms with Crippen molar-refractivity contribution >= 4 is 5.82 Å². The first-order chi connectivity index (χ1) is 6.15. The third kappa shape index (κ3) is 2.42. The van der Waals surface area contributed by atoms with E-state index in [-0.39, 0.29) is 0 Å². The first-order valence-electron chi connectivity index (χ1n) is 4.54. The van der Waals surface area contributed by atoms with E-state index in [1.807, 2.05) is 13.2 Å². The van der Waals surface area contributed by atoms with Gasteiger partial charge in [0.15, 0.2) is 0 Å². The van der Waals surface area contributed by atoms with Crippen LogP contribution < -0.4 is 11.1 Å². The summed E-state index contributed by atoms with van der Waals surface area (Å²) in [4.78, 5) is 4.16. The maximum absolute atomic E-state index is 5.72. The topological polar surface area (TPSA) is 50.9 Å². The number of hydrogen-bond acceptors (Lipinski definition) is 3. The molecule has 72 valence electrons. The number of nitrogens with one attached hydrogen (secondary N) is 1. The Morgan fingerprint density at radius 3 is 2.77 bits per heavy atom. The fraction of sp³-hybridized carbons (Fsp3) is 0.500. The zero-order valence-corrected chi connectivity index (χ0v) is 8.46. The lowest BCUT2D eigenvalue weighted by molar-refractivity contribution is 0.801. The van der Waals surface area contributed by atoms with Crippen molar-refractivity contribution in [1.29, 1.82) is 0 Å². The molecule has 0 aliphatic rings. The van der Waals surface area contributed by atoms with Crippen molar-refractivity contribution < 1.29 is 0 Å². The molecule has 1 aromatic heterocycles. The van der Waals surface area contributed by atoms with E-state index in [0.717, 1.165) is 12.1 Å². The minimum Gasteiger partial charge on any atom is -0.383 e. The number of rotatable bonds is 3. The summed E-state index contributed by atoms with van der Waals surface area (Å²) in [6.45, 7) is 5.08. The molecule has 3 nitrogen and oxygen atoms in total. The number of pyridine rings is 1. The molecule has 0 radical (unpaired) electrons. The van der Waals surface area contributed by atoms with Crippen LogP contribution >= 0.6 is 0 Å². The van der Waals surface area contributed by atoms with Crippen LogP contribution in [-0.4, -0.2) is 12.0 Å². The Labute approximate surface area is 79.4 Å². The van der Waals surface area contributed by atoms with Gasteiger partial charge >= 0.3 is 0 Å². The highest BCUT2D eigenvalue weighted by molar-refractivity contribution is 5.41. The highest BCUT2D eigenvalue weighted by Crippen LogP contribution is 2.17. The molecule has 3 heteroatoms. The summed E-state index contributed by atoms with van der Waals surface area (Å²) < 4.78 is 0. The van der Waals surface area contributed by atoms with E-state index < -0.39 is 0 Å². The Hall–Kier alpha value is -1.09. The van der Waals surface area contributed by atoms with Gasteiger partial charge in [-0.25, -0.2) is 4.98 Å². The van der Waals surface area contributed by atoms with Crippen LogP contribution in [0.2, 0.25) is 0 Å². The second-order valence-corrected chi connectivity index (χ2v) is 3.50. The minimum atomic E-state index is 0.503. The summed E-state index contributed by atoms with van der Waals surface area (Å²) in [5, 5.41) is 3.07. The van der Waals surface area contributed by atoms with E-state index in [4.69, 9.17) is 5.73 Å². The maximum Gasteiger partial charge on any atom is 0.127 e. The molecule has 0 aromatic carbocycles. The largest absolute Gasteiger partial charge is 0.383 e. The van der Waals surface area contributed by atoms with Crippen LogP contribution in [0.1, 0.15) is 30.9 Å².